The highest BCUT2D eigenvalue weighted by Gasteiger charge is 2.20. The maximum atomic E-state index is 13.0. The summed E-state index contributed by atoms with van der Waals surface area (Å²) in [5.74, 6) is 0.600. The number of benzene rings is 2. The number of fused-ring (bicyclic) bond motifs is 1. The van der Waals surface area contributed by atoms with Crippen molar-refractivity contribution in [1.82, 2.24) is 19.1 Å². The van der Waals surface area contributed by atoms with E-state index in [0.717, 1.165) is 21.9 Å². The molecule has 9 nitrogen and oxygen atoms in total. The van der Waals surface area contributed by atoms with Gasteiger partial charge in [0.15, 0.2) is 11.5 Å². The van der Waals surface area contributed by atoms with Crippen LogP contribution in [0.15, 0.2) is 63.1 Å². The molecule has 0 radical (unpaired) electrons. The lowest BCUT2D eigenvalue weighted by atomic mass is 10.2. The lowest BCUT2D eigenvalue weighted by Crippen LogP contribution is -2.37. The van der Waals surface area contributed by atoms with Gasteiger partial charge in [-0.2, -0.15) is 0 Å². The third-order valence-corrected chi connectivity index (χ3v) is 6.35. The third kappa shape index (κ3) is 4.32. The molecular weight excluding hydrogens is 454 g/mol. The van der Waals surface area contributed by atoms with E-state index in [9.17, 15) is 14.4 Å². The van der Waals surface area contributed by atoms with Crippen LogP contribution in [0.1, 0.15) is 5.56 Å². The fourth-order valence-corrected chi connectivity index (χ4v) is 4.33. The number of para-hydroxylation sites is 2. The third-order valence-electron chi connectivity index (χ3n) is 5.37. The standard InChI is InChI=1S/C24H23N5O4S/c1-14-9-5-7-11-16(14)25-18(30)13-34-22-19-21(28(2)24(32)29(3)23(19)31)26-20(27-22)15-10-6-8-12-17(15)33-4/h5-12H,13H2,1-4H3,(H,25,30). The molecule has 2 aromatic heterocycles. The zero-order valence-electron chi connectivity index (χ0n) is 19.2. The van der Waals surface area contributed by atoms with Crippen molar-refractivity contribution in [2.24, 2.45) is 14.1 Å². The largest absolute Gasteiger partial charge is 0.496 e. The minimum absolute atomic E-state index is 0.0117. The molecule has 0 fully saturated rings. The van der Waals surface area contributed by atoms with Gasteiger partial charge in [0.1, 0.15) is 16.2 Å². The van der Waals surface area contributed by atoms with E-state index in [1.54, 1.807) is 19.2 Å². The van der Waals surface area contributed by atoms with Crippen molar-refractivity contribution in [3.8, 4) is 17.1 Å². The lowest BCUT2D eigenvalue weighted by molar-refractivity contribution is -0.113. The van der Waals surface area contributed by atoms with Gasteiger partial charge >= 0.3 is 5.69 Å². The van der Waals surface area contributed by atoms with Gasteiger partial charge in [0.25, 0.3) is 5.56 Å². The first kappa shape index (κ1) is 23.2. The SMILES string of the molecule is COc1ccccc1-c1nc(SCC(=O)Nc2ccccc2C)c2c(=O)n(C)c(=O)n(C)c2n1. The van der Waals surface area contributed by atoms with Crippen LogP contribution in [-0.4, -0.2) is 37.9 Å². The summed E-state index contributed by atoms with van der Waals surface area (Å²) in [4.78, 5) is 47.4. The topological polar surface area (TPSA) is 108 Å². The molecule has 1 amide bonds. The van der Waals surface area contributed by atoms with Crippen molar-refractivity contribution in [1.29, 1.82) is 0 Å². The number of aromatic nitrogens is 4. The Morgan fingerprint density at radius 3 is 2.47 bits per heavy atom. The zero-order valence-corrected chi connectivity index (χ0v) is 20.0. The van der Waals surface area contributed by atoms with Gasteiger partial charge in [-0.05, 0) is 30.7 Å². The van der Waals surface area contributed by atoms with E-state index >= 15 is 0 Å². The quantitative estimate of drug-likeness (QED) is 0.336. The van der Waals surface area contributed by atoms with Crippen molar-refractivity contribution < 1.29 is 9.53 Å². The number of nitrogens with one attached hydrogen (secondary N) is 1. The van der Waals surface area contributed by atoms with E-state index in [2.05, 4.69) is 15.3 Å². The van der Waals surface area contributed by atoms with Crippen molar-refractivity contribution in [2.75, 3.05) is 18.2 Å². The second kappa shape index (κ2) is 9.52. The van der Waals surface area contributed by atoms with Crippen molar-refractivity contribution in [3.63, 3.8) is 0 Å². The number of amides is 1. The molecule has 0 aliphatic carbocycles. The fraction of sp³-hybridized carbons (Fsp3) is 0.208. The Labute approximate surface area is 199 Å². The fourth-order valence-electron chi connectivity index (χ4n) is 3.52. The Kier molecular flexibility index (Phi) is 6.51. The molecule has 0 spiro atoms. The first-order chi connectivity index (χ1) is 16.3. The summed E-state index contributed by atoms with van der Waals surface area (Å²) >= 11 is 1.11. The van der Waals surface area contributed by atoms with Gasteiger partial charge in [-0.3, -0.25) is 18.7 Å². The molecule has 0 saturated heterocycles. The maximum Gasteiger partial charge on any atom is 0.332 e. The van der Waals surface area contributed by atoms with E-state index in [4.69, 9.17) is 4.74 Å². The first-order valence-corrected chi connectivity index (χ1v) is 11.4. The van der Waals surface area contributed by atoms with E-state index in [0.29, 0.717) is 22.0 Å². The number of carbonyl (C=O) groups excluding carboxylic acids is 1. The average molecular weight is 478 g/mol. The molecule has 1 N–H and O–H groups in total. The highest BCUT2D eigenvalue weighted by atomic mass is 32.2. The number of hydrogen-bond acceptors (Lipinski definition) is 7. The minimum atomic E-state index is -0.522. The maximum absolute atomic E-state index is 13.0. The second-order valence-electron chi connectivity index (χ2n) is 7.61. The number of rotatable bonds is 6. The summed E-state index contributed by atoms with van der Waals surface area (Å²) in [7, 11) is 4.48. The van der Waals surface area contributed by atoms with Crippen LogP contribution in [-0.2, 0) is 18.9 Å². The molecule has 0 aliphatic heterocycles. The molecule has 4 aromatic rings. The summed E-state index contributed by atoms with van der Waals surface area (Å²) in [6.07, 6.45) is 0. The Balaban J connectivity index is 1.81. The highest BCUT2D eigenvalue weighted by Crippen LogP contribution is 2.31. The number of nitrogens with zero attached hydrogens (tertiary/aromatic N) is 4. The van der Waals surface area contributed by atoms with E-state index < -0.39 is 11.2 Å². The summed E-state index contributed by atoms with van der Waals surface area (Å²) in [5, 5.41) is 3.36. The molecule has 0 bridgehead atoms. The zero-order chi connectivity index (χ0) is 24.4. The van der Waals surface area contributed by atoms with Gasteiger partial charge in [0.05, 0.1) is 18.4 Å². The Hall–Kier alpha value is -3.92. The number of methoxy groups -OCH3 is 1. The predicted molar refractivity (Wildman–Crippen MR) is 133 cm³/mol. The lowest BCUT2D eigenvalue weighted by Gasteiger charge is -2.13. The normalized spacial score (nSPS) is 10.9. The molecule has 10 heteroatoms. The van der Waals surface area contributed by atoms with E-state index in [-0.39, 0.29) is 28.5 Å². The number of hydrogen-bond donors (Lipinski definition) is 1. The molecule has 2 heterocycles. The Morgan fingerprint density at radius 2 is 1.74 bits per heavy atom. The van der Waals surface area contributed by atoms with Crippen LogP contribution in [0.2, 0.25) is 0 Å². The molecule has 0 saturated carbocycles. The molecule has 0 unspecified atom stereocenters. The van der Waals surface area contributed by atoms with Gasteiger partial charge in [-0.15, -0.1) is 0 Å². The van der Waals surface area contributed by atoms with Crippen LogP contribution in [0.25, 0.3) is 22.4 Å². The molecule has 0 aliphatic rings. The van der Waals surface area contributed by atoms with Crippen molar-refractivity contribution in [3.05, 3.63) is 74.9 Å². The summed E-state index contributed by atoms with van der Waals surface area (Å²) < 4.78 is 7.75. The van der Waals surface area contributed by atoms with Gasteiger partial charge in [-0.25, -0.2) is 14.8 Å². The number of anilines is 1. The Morgan fingerprint density at radius 1 is 1.03 bits per heavy atom. The summed E-state index contributed by atoms with van der Waals surface area (Å²) in [6, 6.07) is 14.7. The first-order valence-electron chi connectivity index (χ1n) is 10.4. The summed E-state index contributed by atoms with van der Waals surface area (Å²) in [5.41, 5.74) is 1.42. The molecule has 4 rings (SSSR count). The van der Waals surface area contributed by atoms with Gasteiger partial charge in [0.2, 0.25) is 5.91 Å². The van der Waals surface area contributed by atoms with E-state index in [1.807, 2.05) is 43.3 Å². The number of carbonyl (C=O) groups is 1. The van der Waals surface area contributed by atoms with Crippen molar-refractivity contribution >= 4 is 34.4 Å². The van der Waals surface area contributed by atoms with Crippen LogP contribution in [0.4, 0.5) is 5.69 Å². The molecular formula is C24H23N5O4S. The van der Waals surface area contributed by atoms with Gasteiger partial charge in [0, 0.05) is 19.8 Å². The molecule has 34 heavy (non-hydrogen) atoms. The van der Waals surface area contributed by atoms with Crippen LogP contribution in [0, 0.1) is 6.92 Å². The van der Waals surface area contributed by atoms with Gasteiger partial charge in [-0.1, -0.05) is 42.1 Å². The molecule has 174 valence electrons. The number of thioether (sulfide) groups is 1. The second-order valence-corrected chi connectivity index (χ2v) is 8.57. The van der Waals surface area contributed by atoms with E-state index in [1.165, 1.54) is 18.7 Å². The average Bonchev–Trinajstić information content (AvgIpc) is 2.85. The van der Waals surface area contributed by atoms with Crippen molar-refractivity contribution in [2.45, 2.75) is 11.9 Å². The smallest absolute Gasteiger partial charge is 0.332 e. The number of ether oxygens (including phenoxy) is 1. The Bertz CT molecular complexity index is 1530. The van der Waals surface area contributed by atoms with Crippen LogP contribution in [0.3, 0.4) is 0 Å². The minimum Gasteiger partial charge on any atom is -0.496 e. The van der Waals surface area contributed by atoms with Crippen LogP contribution < -0.4 is 21.3 Å². The summed E-state index contributed by atoms with van der Waals surface area (Å²) in [6.45, 7) is 1.91. The molecule has 0 atom stereocenters. The highest BCUT2D eigenvalue weighted by molar-refractivity contribution is 8.00. The number of aryl methyl sites for hydroxylation is 2. The van der Waals surface area contributed by atoms with Crippen LogP contribution >= 0.6 is 11.8 Å². The van der Waals surface area contributed by atoms with Crippen LogP contribution in [0.5, 0.6) is 5.75 Å². The predicted octanol–water partition coefficient (Wildman–Crippen LogP) is 2.74. The van der Waals surface area contributed by atoms with Gasteiger partial charge < -0.3 is 10.1 Å². The molecule has 2 aromatic carbocycles. The monoisotopic (exact) mass is 477 g/mol.